The predicted octanol–water partition coefficient (Wildman–Crippen LogP) is 0.898. The van der Waals surface area contributed by atoms with E-state index < -0.39 is 0 Å². The van der Waals surface area contributed by atoms with Crippen molar-refractivity contribution < 1.29 is 4.74 Å². The quantitative estimate of drug-likeness (QED) is 0.595. The van der Waals surface area contributed by atoms with E-state index in [1.807, 2.05) is 0 Å². The van der Waals surface area contributed by atoms with E-state index in [-0.39, 0.29) is 0 Å². The topological polar surface area (TPSA) is 21.3 Å². The highest BCUT2D eigenvalue weighted by Crippen LogP contribution is 2.05. The molecule has 0 aliphatic carbocycles. The van der Waals surface area contributed by atoms with Crippen molar-refractivity contribution in [2.75, 3.05) is 13.2 Å². The first kappa shape index (κ1) is 6.62. The fourth-order valence-corrected chi connectivity index (χ4v) is 1.03. The average molecular weight is 127 g/mol. The van der Waals surface area contributed by atoms with Crippen LogP contribution in [0.1, 0.15) is 12.8 Å². The summed E-state index contributed by atoms with van der Waals surface area (Å²) in [6.45, 7) is 5.39. The van der Waals surface area contributed by atoms with Gasteiger partial charge in [-0.15, -0.1) is 0 Å². The molecule has 0 bridgehead atoms. The predicted molar refractivity (Wildman–Crippen MR) is 37.2 cm³/mol. The van der Waals surface area contributed by atoms with Crippen LogP contribution in [0.2, 0.25) is 0 Å². The molecule has 0 saturated carbocycles. The average Bonchev–Trinajstić information content (AvgIpc) is 1.91. The SMILES string of the molecule is C=CNC1CCOCC1. The van der Waals surface area contributed by atoms with Crippen LogP contribution in [0.3, 0.4) is 0 Å². The molecule has 1 aliphatic rings. The monoisotopic (exact) mass is 127 g/mol. The third-order valence-corrected chi connectivity index (χ3v) is 1.57. The Hall–Kier alpha value is -0.500. The van der Waals surface area contributed by atoms with Crippen molar-refractivity contribution in [2.24, 2.45) is 0 Å². The number of hydrogen-bond acceptors (Lipinski definition) is 2. The Kier molecular flexibility index (Phi) is 2.58. The number of rotatable bonds is 2. The lowest BCUT2D eigenvalue weighted by atomic mass is 10.1. The summed E-state index contributed by atoms with van der Waals surface area (Å²) in [7, 11) is 0. The second-order valence-corrected chi connectivity index (χ2v) is 2.26. The van der Waals surface area contributed by atoms with Gasteiger partial charge in [-0.25, -0.2) is 0 Å². The van der Waals surface area contributed by atoms with Gasteiger partial charge in [0, 0.05) is 19.3 Å². The number of ether oxygens (including phenoxy) is 1. The van der Waals surface area contributed by atoms with E-state index in [2.05, 4.69) is 11.9 Å². The van der Waals surface area contributed by atoms with Crippen molar-refractivity contribution in [3.05, 3.63) is 12.8 Å². The van der Waals surface area contributed by atoms with Gasteiger partial charge in [-0.3, -0.25) is 0 Å². The Bertz CT molecular complexity index is 86.9. The molecule has 0 aromatic carbocycles. The molecule has 1 rings (SSSR count). The summed E-state index contributed by atoms with van der Waals surface area (Å²) in [5.74, 6) is 0. The lowest BCUT2D eigenvalue weighted by molar-refractivity contribution is 0.0812. The highest BCUT2D eigenvalue weighted by molar-refractivity contribution is 4.75. The van der Waals surface area contributed by atoms with E-state index in [1.54, 1.807) is 6.20 Å². The standard InChI is InChI=1S/C7H13NO/c1-2-8-7-3-5-9-6-4-7/h2,7-8H,1,3-6H2. The van der Waals surface area contributed by atoms with Crippen molar-refractivity contribution in [3.8, 4) is 0 Å². The van der Waals surface area contributed by atoms with Gasteiger partial charge in [0.05, 0.1) is 0 Å². The third kappa shape index (κ3) is 2.06. The van der Waals surface area contributed by atoms with E-state index in [4.69, 9.17) is 4.74 Å². The zero-order valence-electron chi connectivity index (χ0n) is 5.60. The smallest absolute Gasteiger partial charge is 0.0485 e. The summed E-state index contributed by atoms with van der Waals surface area (Å²) >= 11 is 0. The zero-order chi connectivity index (χ0) is 6.53. The first-order chi connectivity index (χ1) is 4.43. The summed E-state index contributed by atoms with van der Waals surface area (Å²) in [5.41, 5.74) is 0. The van der Waals surface area contributed by atoms with Gasteiger partial charge in [0.15, 0.2) is 0 Å². The molecular formula is C7H13NO. The molecule has 0 amide bonds. The maximum atomic E-state index is 5.17. The van der Waals surface area contributed by atoms with Crippen LogP contribution in [0.15, 0.2) is 12.8 Å². The molecule has 0 aromatic rings. The maximum absolute atomic E-state index is 5.17. The van der Waals surface area contributed by atoms with Gasteiger partial charge >= 0.3 is 0 Å². The van der Waals surface area contributed by atoms with Crippen LogP contribution in [0.5, 0.6) is 0 Å². The van der Waals surface area contributed by atoms with Crippen LogP contribution in [-0.2, 0) is 4.74 Å². The van der Waals surface area contributed by atoms with E-state index in [9.17, 15) is 0 Å². The van der Waals surface area contributed by atoms with E-state index in [0.717, 1.165) is 26.1 Å². The molecule has 52 valence electrons. The van der Waals surface area contributed by atoms with Gasteiger partial charge in [0.25, 0.3) is 0 Å². The second kappa shape index (κ2) is 3.51. The second-order valence-electron chi connectivity index (χ2n) is 2.26. The molecular weight excluding hydrogens is 114 g/mol. The maximum Gasteiger partial charge on any atom is 0.0485 e. The van der Waals surface area contributed by atoms with Gasteiger partial charge in [0.2, 0.25) is 0 Å². The van der Waals surface area contributed by atoms with E-state index in [0.29, 0.717) is 6.04 Å². The minimum atomic E-state index is 0.608. The molecule has 0 aromatic heterocycles. The Balaban J connectivity index is 2.15. The number of nitrogens with one attached hydrogen (secondary N) is 1. The van der Waals surface area contributed by atoms with Crippen LogP contribution < -0.4 is 5.32 Å². The van der Waals surface area contributed by atoms with Gasteiger partial charge in [-0.2, -0.15) is 0 Å². The fourth-order valence-electron chi connectivity index (χ4n) is 1.03. The van der Waals surface area contributed by atoms with Crippen molar-refractivity contribution in [3.63, 3.8) is 0 Å². The van der Waals surface area contributed by atoms with Crippen LogP contribution >= 0.6 is 0 Å². The minimum Gasteiger partial charge on any atom is -0.388 e. The lowest BCUT2D eigenvalue weighted by Gasteiger charge is -2.21. The summed E-state index contributed by atoms with van der Waals surface area (Å²) in [5, 5.41) is 3.17. The summed E-state index contributed by atoms with van der Waals surface area (Å²) in [6.07, 6.45) is 3.99. The number of hydrogen-bond donors (Lipinski definition) is 1. The van der Waals surface area contributed by atoms with Crippen LogP contribution in [0.4, 0.5) is 0 Å². The molecule has 0 radical (unpaired) electrons. The molecule has 1 aliphatic heterocycles. The summed E-state index contributed by atoms with van der Waals surface area (Å²) < 4.78 is 5.17. The van der Waals surface area contributed by atoms with Gasteiger partial charge in [-0.1, -0.05) is 6.58 Å². The normalized spacial score (nSPS) is 21.3. The molecule has 1 saturated heterocycles. The Morgan fingerprint density at radius 1 is 1.44 bits per heavy atom. The Labute approximate surface area is 55.9 Å². The summed E-state index contributed by atoms with van der Waals surface area (Å²) in [4.78, 5) is 0. The third-order valence-electron chi connectivity index (χ3n) is 1.57. The summed E-state index contributed by atoms with van der Waals surface area (Å²) in [6, 6.07) is 0.608. The molecule has 0 unspecified atom stereocenters. The molecule has 1 N–H and O–H groups in total. The molecule has 0 spiro atoms. The first-order valence-electron chi connectivity index (χ1n) is 3.38. The van der Waals surface area contributed by atoms with E-state index in [1.165, 1.54) is 0 Å². The van der Waals surface area contributed by atoms with Crippen LogP contribution in [-0.4, -0.2) is 19.3 Å². The Morgan fingerprint density at radius 3 is 2.67 bits per heavy atom. The van der Waals surface area contributed by atoms with Gasteiger partial charge in [0.1, 0.15) is 0 Å². The largest absolute Gasteiger partial charge is 0.388 e. The van der Waals surface area contributed by atoms with Crippen LogP contribution in [0, 0.1) is 0 Å². The van der Waals surface area contributed by atoms with Crippen molar-refractivity contribution in [1.82, 2.24) is 5.32 Å². The van der Waals surface area contributed by atoms with Gasteiger partial charge < -0.3 is 10.1 Å². The van der Waals surface area contributed by atoms with E-state index >= 15 is 0 Å². The first-order valence-corrected chi connectivity index (χ1v) is 3.38. The van der Waals surface area contributed by atoms with Crippen molar-refractivity contribution >= 4 is 0 Å². The molecule has 0 atom stereocenters. The van der Waals surface area contributed by atoms with Gasteiger partial charge in [-0.05, 0) is 19.0 Å². The highest BCUT2D eigenvalue weighted by atomic mass is 16.5. The molecule has 9 heavy (non-hydrogen) atoms. The van der Waals surface area contributed by atoms with Crippen molar-refractivity contribution in [2.45, 2.75) is 18.9 Å². The Morgan fingerprint density at radius 2 is 2.11 bits per heavy atom. The van der Waals surface area contributed by atoms with Crippen LogP contribution in [0.25, 0.3) is 0 Å². The molecule has 1 fully saturated rings. The van der Waals surface area contributed by atoms with Crippen molar-refractivity contribution in [1.29, 1.82) is 0 Å². The molecule has 2 nitrogen and oxygen atoms in total. The fraction of sp³-hybridized carbons (Fsp3) is 0.714. The minimum absolute atomic E-state index is 0.608. The molecule has 2 heteroatoms. The molecule has 1 heterocycles. The highest BCUT2D eigenvalue weighted by Gasteiger charge is 2.10. The zero-order valence-corrected chi connectivity index (χ0v) is 5.60. The lowest BCUT2D eigenvalue weighted by Crippen LogP contribution is -2.30.